The van der Waals surface area contributed by atoms with Gasteiger partial charge in [-0.15, -0.1) is 0 Å². The van der Waals surface area contributed by atoms with Crippen LogP contribution in [0.25, 0.3) is 0 Å². The van der Waals surface area contributed by atoms with E-state index < -0.39 is 0 Å². The van der Waals surface area contributed by atoms with E-state index in [0.29, 0.717) is 24.5 Å². The summed E-state index contributed by atoms with van der Waals surface area (Å²) in [6, 6.07) is 2.25. The third-order valence-corrected chi connectivity index (χ3v) is 4.71. The van der Waals surface area contributed by atoms with E-state index in [9.17, 15) is 0 Å². The highest BCUT2D eigenvalue weighted by atomic mass is 16.5. The van der Waals surface area contributed by atoms with Crippen LogP contribution in [0.4, 0.5) is 5.95 Å². The smallest absolute Gasteiger partial charge is 0.226 e. The molecule has 2 saturated carbocycles. The van der Waals surface area contributed by atoms with Gasteiger partial charge in [-0.3, -0.25) is 0 Å². The fourth-order valence-corrected chi connectivity index (χ4v) is 3.86. The van der Waals surface area contributed by atoms with Crippen molar-refractivity contribution in [2.45, 2.75) is 45.6 Å². The molecule has 0 saturated heterocycles. The Morgan fingerprint density at radius 1 is 1.42 bits per heavy atom. The number of fused-ring (bicyclic) bond motifs is 2. The lowest BCUT2D eigenvalue weighted by molar-refractivity contribution is 0.302. The molecule has 0 aliphatic heterocycles. The minimum atomic E-state index is 0.451. The minimum absolute atomic E-state index is 0.451. The topological polar surface area (TPSA) is 47.0 Å². The van der Waals surface area contributed by atoms with Crippen LogP contribution in [0.2, 0.25) is 0 Å². The maximum atomic E-state index is 5.41. The molecule has 2 bridgehead atoms. The van der Waals surface area contributed by atoms with Crippen molar-refractivity contribution in [3.05, 3.63) is 12.3 Å². The Hall–Kier alpha value is -1.32. The molecule has 0 radical (unpaired) electrons. The Morgan fingerprint density at radius 2 is 2.32 bits per heavy atom. The Morgan fingerprint density at radius 3 is 3.00 bits per heavy atom. The largest absolute Gasteiger partial charge is 0.478 e. The quantitative estimate of drug-likeness (QED) is 0.884. The van der Waals surface area contributed by atoms with Gasteiger partial charge in [0.1, 0.15) is 0 Å². The van der Waals surface area contributed by atoms with E-state index in [0.717, 1.165) is 17.8 Å². The van der Waals surface area contributed by atoms with E-state index >= 15 is 0 Å². The highest BCUT2D eigenvalue weighted by molar-refractivity contribution is 5.29. The van der Waals surface area contributed by atoms with E-state index in [1.807, 2.05) is 6.92 Å². The maximum Gasteiger partial charge on any atom is 0.226 e. The summed E-state index contributed by atoms with van der Waals surface area (Å²) in [5, 5.41) is 3.47. The number of rotatable bonds is 5. The lowest BCUT2D eigenvalue weighted by atomic mass is 9.84. The van der Waals surface area contributed by atoms with Crippen LogP contribution in [-0.4, -0.2) is 22.6 Å². The van der Waals surface area contributed by atoms with Crippen molar-refractivity contribution in [2.75, 3.05) is 11.9 Å². The number of hydrogen-bond donors (Lipinski definition) is 1. The van der Waals surface area contributed by atoms with Gasteiger partial charge < -0.3 is 10.1 Å². The van der Waals surface area contributed by atoms with Crippen LogP contribution in [0.15, 0.2) is 12.3 Å². The lowest BCUT2D eigenvalue weighted by Crippen LogP contribution is -2.30. The predicted octanol–water partition coefficient (Wildman–Crippen LogP) is 3.11. The second-order valence-electron chi connectivity index (χ2n) is 5.92. The fraction of sp³-hybridized carbons (Fsp3) is 0.733. The Labute approximate surface area is 115 Å². The second-order valence-corrected chi connectivity index (χ2v) is 5.92. The van der Waals surface area contributed by atoms with Crippen LogP contribution in [0.3, 0.4) is 0 Å². The molecule has 1 N–H and O–H groups in total. The van der Waals surface area contributed by atoms with Crippen molar-refractivity contribution in [2.24, 2.45) is 17.8 Å². The summed E-state index contributed by atoms with van der Waals surface area (Å²) >= 11 is 0. The van der Waals surface area contributed by atoms with Gasteiger partial charge in [0.2, 0.25) is 11.8 Å². The molecular weight excluding hydrogens is 238 g/mol. The first-order valence-corrected chi connectivity index (χ1v) is 7.48. The van der Waals surface area contributed by atoms with Crippen LogP contribution >= 0.6 is 0 Å². The third-order valence-electron chi connectivity index (χ3n) is 4.71. The van der Waals surface area contributed by atoms with Gasteiger partial charge in [-0.25, -0.2) is 4.98 Å². The van der Waals surface area contributed by atoms with Crippen molar-refractivity contribution < 1.29 is 4.74 Å². The van der Waals surface area contributed by atoms with Crippen molar-refractivity contribution in [1.82, 2.24) is 9.97 Å². The molecule has 0 amide bonds. The van der Waals surface area contributed by atoms with Gasteiger partial charge in [-0.05, 0) is 50.9 Å². The SMILES string of the molecule is CCOc1ccnc(NC(C)C2CC3CCC2C3)n1. The molecule has 4 nitrogen and oxygen atoms in total. The van der Waals surface area contributed by atoms with Crippen LogP contribution in [0, 0.1) is 17.8 Å². The first-order valence-electron chi connectivity index (χ1n) is 7.48. The van der Waals surface area contributed by atoms with E-state index in [1.54, 1.807) is 12.3 Å². The van der Waals surface area contributed by atoms with Crippen molar-refractivity contribution in [3.63, 3.8) is 0 Å². The number of anilines is 1. The van der Waals surface area contributed by atoms with Crippen LogP contribution in [0.5, 0.6) is 5.88 Å². The molecule has 4 atom stereocenters. The summed E-state index contributed by atoms with van der Waals surface area (Å²) in [6.07, 6.45) is 7.44. The summed E-state index contributed by atoms with van der Waals surface area (Å²) in [5.41, 5.74) is 0. The van der Waals surface area contributed by atoms with Gasteiger partial charge in [0, 0.05) is 18.3 Å². The highest BCUT2D eigenvalue weighted by Crippen LogP contribution is 2.49. The van der Waals surface area contributed by atoms with Gasteiger partial charge in [0.15, 0.2) is 0 Å². The number of aromatic nitrogens is 2. The van der Waals surface area contributed by atoms with E-state index in [4.69, 9.17) is 4.74 Å². The molecule has 1 aromatic heterocycles. The molecule has 3 rings (SSSR count). The monoisotopic (exact) mass is 261 g/mol. The maximum absolute atomic E-state index is 5.41. The zero-order chi connectivity index (χ0) is 13.2. The highest BCUT2D eigenvalue weighted by Gasteiger charge is 2.41. The molecule has 2 aliphatic carbocycles. The molecule has 0 aromatic carbocycles. The Bertz CT molecular complexity index is 437. The minimum Gasteiger partial charge on any atom is -0.478 e. The number of nitrogens with zero attached hydrogens (tertiary/aromatic N) is 2. The van der Waals surface area contributed by atoms with Gasteiger partial charge in [-0.1, -0.05) is 6.42 Å². The average Bonchev–Trinajstić information content (AvgIpc) is 3.02. The summed E-state index contributed by atoms with van der Waals surface area (Å²) in [4.78, 5) is 8.68. The lowest BCUT2D eigenvalue weighted by Gasteiger charge is -2.28. The molecule has 4 unspecified atom stereocenters. The first kappa shape index (κ1) is 12.7. The third kappa shape index (κ3) is 2.67. The molecule has 0 spiro atoms. The molecule has 19 heavy (non-hydrogen) atoms. The summed E-state index contributed by atoms with van der Waals surface area (Å²) in [7, 11) is 0. The summed E-state index contributed by atoms with van der Waals surface area (Å²) in [5.74, 6) is 4.04. The standard InChI is InChI=1S/C15H23N3O/c1-3-19-14-6-7-16-15(18-14)17-10(2)13-9-11-4-5-12(13)8-11/h6-7,10-13H,3-5,8-9H2,1-2H3,(H,16,17,18). The molecule has 2 aliphatic rings. The van der Waals surface area contributed by atoms with Gasteiger partial charge in [0.25, 0.3) is 0 Å². The Balaban J connectivity index is 1.62. The Kier molecular flexibility index (Phi) is 3.58. The van der Waals surface area contributed by atoms with Gasteiger partial charge in [0.05, 0.1) is 6.61 Å². The average molecular weight is 261 g/mol. The normalized spacial score (nSPS) is 30.3. The van der Waals surface area contributed by atoms with E-state index in [2.05, 4.69) is 22.2 Å². The molecule has 1 aromatic rings. The fourth-order valence-electron chi connectivity index (χ4n) is 3.86. The molecule has 1 heterocycles. The van der Waals surface area contributed by atoms with Crippen LogP contribution in [-0.2, 0) is 0 Å². The number of ether oxygens (including phenoxy) is 1. The van der Waals surface area contributed by atoms with Gasteiger partial charge >= 0.3 is 0 Å². The zero-order valence-electron chi connectivity index (χ0n) is 11.8. The summed E-state index contributed by atoms with van der Waals surface area (Å²) < 4.78 is 5.41. The molecule has 2 fully saturated rings. The molecule has 4 heteroatoms. The van der Waals surface area contributed by atoms with Crippen LogP contribution < -0.4 is 10.1 Å². The van der Waals surface area contributed by atoms with Crippen molar-refractivity contribution in [1.29, 1.82) is 0 Å². The number of hydrogen-bond acceptors (Lipinski definition) is 4. The van der Waals surface area contributed by atoms with Crippen molar-refractivity contribution >= 4 is 5.95 Å². The summed E-state index contributed by atoms with van der Waals surface area (Å²) in [6.45, 7) is 4.87. The van der Waals surface area contributed by atoms with Crippen molar-refractivity contribution in [3.8, 4) is 5.88 Å². The first-order chi connectivity index (χ1) is 9.26. The molecule has 104 valence electrons. The number of nitrogens with one attached hydrogen (secondary N) is 1. The zero-order valence-corrected chi connectivity index (χ0v) is 11.8. The van der Waals surface area contributed by atoms with E-state index in [1.165, 1.54) is 25.7 Å². The van der Waals surface area contributed by atoms with Gasteiger partial charge in [-0.2, -0.15) is 4.98 Å². The predicted molar refractivity (Wildman–Crippen MR) is 75.2 cm³/mol. The van der Waals surface area contributed by atoms with E-state index in [-0.39, 0.29) is 0 Å². The second kappa shape index (κ2) is 5.35. The molecular formula is C15H23N3O. The van der Waals surface area contributed by atoms with Crippen LogP contribution in [0.1, 0.15) is 39.5 Å².